The molecule has 1 aliphatic heterocycles. The molecule has 2 aromatic rings. The van der Waals surface area contributed by atoms with Crippen molar-refractivity contribution in [1.82, 2.24) is 20.8 Å². The van der Waals surface area contributed by atoms with Gasteiger partial charge < -0.3 is 15.2 Å². The summed E-state index contributed by atoms with van der Waals surface area (Å²) >= 11 is 5.85. The Labute approximate surface area is 151 Å². The van der Waals surface area contributed by atoms with Crippen molar-refractivity contribution in [2.24, 2.45) is 5.92 Å². The van der Waals surface area contributed by atoms with Gasteiger partial charge in [-0.1, -0.05) is 16.8 Å². The van der Waals surface area contributed by atoms with Crippen molar-refractivity contribution >= 4 is 29.9 Å². The van der Waals surface area contributed by atoms with Gasteiger partial charge in [0.25, 0.3) is 0 Å². The summed E-state index contributed by atoms with van der Waals surface area (Å²) in [6, 6.07) is 7.19. The molecular weight excluding hydrogens is 351 g/mol. The molecule has 2 N–H and O–H groups in total. The van der Waals surface area contributed by atoms with Gasteiger partial charge in [0.05, 0.1) is 6.54 Å². The molecular formula is C16H20Cl2N4O2. The number of rotatable bonds is 6. The molecule has 3 rings (SSSR count). The van der Waals surface area contributed by atoms with E-state index in [2.05, 4.69) is 20.8 Å². The summed E-state index contributed by atoms with van der Waals surface area (Å²) in [5, 5.41) is 10.7. The molecule has 0 spiro atoms. The molecule has 0 aliphatic carbocycles. The lowest BCUT2D eigenvalue weighted by Crippen LogP contribution is -2.23. The molecule has 24 heavy (non-hydrogen) atoms. The van der Waals surface area contributed by atoms with Crippen molar-refractivity contribution in [3.63, 3.8) is 0 Å². The highest BCUT2D eigenvalue weighted by Gasteiger charge is 2.16. The third-order valence-corrected chi connectivity index (χ3v) is 4.20. The summed E-state index contributed by atoms with van der Waals surface area (Å²) in [4.78, 5) is 16.1. The largest absolute Gasteiger partial charge is 0.347 e. The van der Waals surface area contributed by atoms with Crippen molar-refractivity contribution in [3.8, 4) is 11.4 Å². The zero-order valence-corrected chi connectivity index (χ0v) is 14.7. The third kappa shape index (κ3) is 5.19. The van der Waals surface area contributed by atoms with Gasteiger partial charge in [0, 0.05) is 17.0 Å². The minimum absolute atomic E-state index is 0. The summed E-state index contributed by atoms with van der Waals surface area (Å²) in [6.45, 7) is 2.32. The number of nitrogens with zero attached hydrogens (tertiary/aromatic N) is 2. The molecule has 1 unspecified atom stereocenters. The number of halogens is 2. The molecule has 1 amide bonds. The van der Waals surface area contributed by atoms with Gasteiger partial charge in [-0.15, -0.1) is 12.4 Å². The van der Waals surface area contributed by atoms with Gasteiger partial charge >= 0.3 is 0 Å². The molecule has 1 aromatic carbocycles. The van der Waals surface area contributed by atoms with Crippen molar-refractivity contribution in [2.45, 2.75) is 25.8 Å². The van der Waals surface area contributed by atoms with Crippen LogP contribution in [0.1, 0.15) is 25.2 Å². The Bertz CT molecular complexity index is 654. The fraction of sp³-hybridized carbons (Fsp3) is 0.438. The Morgan fingerprint density at radius 2 is 2.17 bits per heavy atom. The van der Waals surface area contributed by atoms with Crippen LogP contribution in [0.2, 0.25) is 5.02 Å². The van der Waals surface area contributed by atoms with Crippen LogP contribution in [0, 0.1) is 5.92 Å². The fourth-order valence-corrected chi connectivity index (χ4v) is 2.73. The number of aromatic nitrogens is 2. The van der Waals surface area contributed by atoms with Crippen LogP contribution >= 0.6 is 24.0 Å². The van der Waals surface area contributed by atoms with Crippen molar-refractivity contribution in [2.75, 3.05) is 13.1 Å². The average molecular weight is 371 g/mol. The van der Waals surface area contributed by atoms with E-state index in [9.17, 15) is 4.79 Å². The van der Waals surface area contributed by atoms with E-state index in [0.29, 0.717) is 29.1 Å². The summed E-state index contributed by atoms with van der Waals surface area (Å²) < 4.78 is 5.16. The molecule has 130 valence electrons. The summed E-state index contributed by atoms with van der Waals surface area (Å²) in [5.74, 6) is 1.51. The predicted molar refractivity (Wildman–Crippen MR) is 94.0 cm³/mol. The molecule has 0 bridgehead atoms. The number of nitrogens with one attached hydrogen (secondary N) is 2. The number of benzene rings is 1. The SMILES string of the molecule is Cl.O=C(CCC1CCNC1)NCc1nc(-c2ccc(Cl)cc2)no1. The van der Waals surface area contributed by atoms with Gasteiger partial charge in [0.15, 0.2) is 0 Å². The van der Waals surface area contributed by atoms with Crippen molar-refractivity contribution in [3.05, 3.63) is 35.2 Å². The third-order valence-electron chi connectivity index (χ3n) is 3.95. The maximum atomic E-state index is 11.9. The Hall–Kier alpha value is -1.63. The molecule has 0 saturated carbocycles. The standard InChI is InChI=1S/C16H19ClN4O2.ClH/c17-13-4-2-12(3-5-13)16-20-15(23-21-16)10-19-14(22)6-1-11-7-8-18-9-11;/h2-5,11,18H,1,6-10H2,(H,19,22);1H. The lowest BCUT2D eigenvalue weighted by molar-refractivity contribution is -0.121. The Morgan fingerprint density at radius 3 is 2.88 bits per heavy atom. The summed E-state index contributed by atoms with van der Waals surface area (Å²) in [6.07, 6.45) is 2.60. The molecule has 1 saturated heterocycles. The highest BCUT2D eigenvalue weighted by atomic mass is 35.5. The minimum Gasteiger partial charge on any atom is -0.347 e. The van der Waals surface area contributed by atoms with Crippen LogP contribution in [0.25, 0.3) is 11.4 Å². The van der Waals surface area contributed by atoms with Crippen molar-refractivity contribution < 1.29 is 9.32 Å². The van der Waals surface area contributed by atoms with E-state index in [-0.39, 0.29) is 24.9 Å². The number of carbonyl (C=O) groups is 1. The topological polar surface area (TPSA) is 80.0 Å². The first-order chi connectivity index (χ1) is 11.2. The summed E-state index contributed by atoms with van der Waals surface area (Å²) in [7, 11) is 0. The second-order valence-electron chi connectivity index (χ2n) is 5.69. The smallest absolute Gasteiger partial charge is 0.246 e. The highest BCUT2D eigenvalue weighted by Crippen LogP contribution is 2.18. The van der Waals surface area contributed by atoms with E-state index in [4.69, 9.17) is 16.1 Å². The first-order valence-corrected chi connectivity index (χ1v) is 8.14. The van der Waals surface area contributed by atoms with Gasteiger partial charge in [-0.3, -0.25) is 4.79 Å². The number of carbonyl (C=O) groups excluding carboxylic acids is 1. The van der Waals surface area contributed by atoms with Crippen LogP contribution in [0.5, 0.6) is 0 Å². The monoisotopic (exact) mass is 370 g/mol. The maximum Gasteiger partial charge on any atom is 0.246 e. The Morgan fingerprint density at radius 1 is 1.38 bits per heavy atom. The lowest BCUT2D eigenvalue weighted by Gasteiger charge is -2.07. The van der Waals surface area contributed by atoms with Crippen LogP contribution in [-0.4, -0.2) is 29.1 Å². The second-order valence-corrected chi connectivity index (χ2v) is 6.13. The number of hydrogen-bond donors (Lipinski definition) is 2. The predicted octanol–water partition coefficient (Wildman–Crippen LogP) is 2.82. The van der Waals surface area contributed by atoms with Gasteiger partial charge in [-0.25, -0.2) is 0 Å². The molecule has 2 heterocycles. The molecule has 1 aliphatic rings. The van der Waals surface area contributed by atoms with E-state index < -0.39 is 0 Å². The first-order valence-electron chi connectivity index (χ1n) is 7.76. The van der Waals surface area contributed by atoms with Crippen LogP contribution in [0.15, 0.2) is 28.8 Å². The van der Waals surface area contributed by atoms with E-state index in [1.54, 1.807) is 12.1 Å². The quantitative estimate of drug-likeness (QED) is 0.816. The first kappa shape index (κ1) is 18.7. The minimum atomic E-state index is 0. The lowest BCUT2D eigenvalue weighted by atomic mass is 10.0. The van der Waals surface area contributed by atoms with Gasteiger partial charge in [0.2, 0.25) is 17.6 Å². The molecule has 1 aromatic heterocycles. The fourth-order valence-electron chi connectivity index (χ4n) is 2.60. The number of hydrogen-bond acceptors (Lipinski definition) is 5. The Balaban J connectivity index is 0.00000208. The van der Waals surface area contributed by atoms with Gasteiger partial charge in [0.1, 0.15) is 0 Å². The normalized spacial score (nSPS) is 16.6. The van der Waals surface area contributed by atoms with Crippen LogP contribution in [0.3, 0.4) is 0 Å². The number of amides is 1. The van der Waals surface area contributed by atoms with Crippen LogP contribution in [-0.2, 0) is 11.3 Å². The highest BCUT2D eigenvalue weighted by molar-refractivity contribution is 6.30. The van der Waals surface area contributed by atoms with E-state index in [1.807, 2.05) is 12.1 Å². The maximum absolute atomic E-state index is 11.9. The Kier molecular flexibility index (Phi) is 7.02. The molecule has 1 atom stereocenters. The van der Waals surface area contributed by atoms with E-state index in [1.165, 1.54) is 0 Å². The van der Waals surface area contributed by atoms with Gasteiger partial charge in [-0.05, 0) is 56.1 Å². The molecule has 8 heteroatoms. The molecule has 6 nitrogen and oxygen atoms in total. The van der Waals surface area contributed by atoms with Crippen molar-refractivity contribution in [1.29, 1.82) is 0 Å². The molecule has 1 fully saturated rings. The zero-order valence-electron chi connectivity index (χ0n) is 13.1. The van der Waals surface area contributed by atoms with Crippen LogP contribution in [0.4, 0.5) is 0 Å². The van der Waals surface area contributed by atoms with E-state index in [0.717, 1.165) is 31.5 Å². The van der Waals surface area contributed by atoms with Gasteiger partial charge in [-0.2, -0.15) is 4.98 Å². The average Bonchev–Trinajstić information content (AvgIpc) is 3.23. The molecule has 0 radical (unpaired) electrons. The zero-order chi connectivity index (χ0) is 16.1. The van der Waals surface area contributed by atoms with E-state index >= 15 is 0 Å². The van der Waals surface area contributed by atoms with Crippen LogP contribution < -0.4 is 10.6 Å². The summed E-state index contributed by atoms with van der Waals surface area (Å²) in [5.41, 5.74) is 0.824. The second kappa shape index (κ2) is 9.01.